The first kappa shape index (κ1) is 27.2. The number of ether oxygens (including phenoxy) is 3. The van der Waals surface area contributed by atoms with E-state index in [-0.39, 0.29) is 17.9 Å². The molecule has 1 aromatic heterocycles. The first-order chi connectivity index (χ1) is 17.4. The van der Waals surface area contributed by atoms with E-state index >= 15 is 0 Å². The predicted molar refractivity (Wildman–Crippen MR) is 129 cm³/mol. The van der Waals surface area contributed by atoms with Crippen LogP contribution in [-0.4, -0.2) is 63.8 Å². The molecule has 37 heavy (non-hydrogen) atoms. The zero-order chi connectivity index (χ0) is 27.0. The summed E-state index contributed by atoms with van der Waals surface area (Å²) in [5, 5.41) is 13.5. The van der Waals surface area contributed by atoms with Gasteiger partial charge in [-0.05, 0) is 39.8 Å². The third kappa shape index (κ3) is 5.71. The Labute approximate surface area is 212 Å². The molecule has 2 aliphatic rings. The number of aromatic amines is 1. The number of carbonyl (C=O) groups excluding carboxylic acids is 1. The second kappa shape index (κ2) is 10.5. The van der Waals surface area contributed by atoms with Gasteiger partial charge >= 0.3 is 19.4 Å². The fourth-order valence-corrected chi connectivity index (χ4v) is 5.59. The van der Waals surface area contributed by atoms with Crippen molar-refractivity contribution in [2.45, 2.75) is 63.9 Å². The van der Waals surface area contributed by atoms with Gasteiger partial charge in [-0.3, -0.25) is 23.7 Å². The predicted octanol–water partition coefficient (Wildman–Crippen LogP) is 1.01. The highest BCUT2D eigenvalue weighted by molar-refractivity contribution is 7.52. The maximum Gasteiger partial charge on any atom is 0.459 e. The van der Waals surface area contributed by atoms with Gasteiger partial charge in [0.25, 0.3) is 5.56 Å². The van der Waals surface area contributed by atoms with E-state index in [0.717, 1.165) is 4.57 Å². The maximum atomic E-state index is 13.8. The zero-order valence-corrected chi connectivity index (χ0v) is 21.7. The van der Waals surface area contributed by atoms with Crippen molar-refractivity contribution in [2.75, 3.05) is 13.2 Å². The van der Waals surface area contributed by atoms with Gasteiger partial charge in [-0.15, -0.1) is 0 Å². The zero-order valence-electron chi connectivity index (χ0n) is 20.8. The summed E-state index contributed by atoms with van der Waals surface area (Å²) < 4.78 is 43.1. The fourth-order valence-electron chi connectivity index (χ4n) is 4.04. The monoisotopic (exact) mass is 539 g/mol. The van der Waals surface area contributed by atoms with Crippen LogP contribution in [0.15, 0.2) is 46.1 Å². The topological polar surface area (TPSA) is 167 Å². The molecule has 3 unspecified atom stereocenters. The average Bonchev–Trinajstić information content (AvgIpc) is 3.29. The Morgan fingerprint density at radius 3 is 2.68 bits per heavy atom. The number of nitrogens with zero attached hydrogens (tertiary/aromatic N) is 1. The molecule has 2 saturated heterocycles. The normalized spacial score (nSPS) is 27.1. The van der Waals surface area contributed by atoms with Crippen LogP contribution in [-0.2, 0) is 28.1 Å². The summed E-state index contributed by atoms with van der Waals surface area (Å²) in [7, 11) is -4.24. The summed E-state index contributed by atoms with van der Waals surface area (Å²) in [4.78, 5) is 38.7. The molecule has 0 amide bonds. The van der Waals surface area contributed by atoms with Crippen molar-refractivity contribution in [3.8, 4) is 5.75 Å². The van der Waals surface area contributed by atoms with Crippen LogP contribution < -0.4 is 20.9 Å². The lowest BCUT2D eigenvalue weighted by Gasteiger charge is -2.32. The number of nitrogens with one attached hydrogen (secondary N) is 2. The highest BCUT2D eigenvalue weighted by Crippen LogP contribution is 2.50. The van der Waals surface area contributed by atoms with Gasteiger partial charge in [0.05, 0.1) is 19.3 Å². The molecule has 2 aromatic rings. The minimum absolute atomic E-state index is 0.122. The number of aryl methyl sites for hydroxylation is 1. The molecule has 0 radical (unpaired) electrons. The molecule has 3 N–H and O–H groups in total. The molecule has 3 heterocycles. The highest BCUT2D eigenvalue weighted by atomic mass is 31.2. The number of aliphatic hydroxyl groups is 1. The van der Waals surface area contributed by atoms with E-state index in [1.807, 2.05) is 0 Å². The molecule has 4 rings (SSSR count). The number of aromatic nitrogens is 2. The Hall–Kier alpha value is -2.80. The number of hydrogen-bond acceptors (Lipinski definition) is 10. The lowest BCUT2D eigenvalue weighted by molar-refractivity contribution is -0.185. The number of rotatable bonds is 10. The molecule has 14 heteroatoms. The van der Waals surface area contributed by atoms with Gasteiger partial charge in [-0.25, -0.2) is 9.36 Å². The van der Waals surface area contributed by atoms with Gasteiger partial charge in [0, 0.05) is 11.8 Å². The summed E-state index contributed by atoms with van der Waals surface area (Å²) in [6, 6.07) is 7.14. The van der Waals surface area contributed by atoms with Crippen molar-refractivity contribution in [2.24, 2.45) is 0 Å². The Morgan fingerprint density at radius 2 is 2.00 bits per heavy atom. The molecular formula is C23H30N3O10P. The minimum Gasteiger partial charge on any atom is -0.462 e. The standard InChI is InChI=1S/C23H30N3O10P/c1-13(2)34-21(29)15(4)25-37(31,36-16-8-6-5-7-9-16)33-12-23-11-32-17(18(23)27)20(35-23)26-10-14(3)19(28)24-22(26)30/h5-10,13,15,17-18,20,27H,11-12H2,1-4H3,(H,25,31)(H,24,28,30)/t15?,17-,18+,20-,23?,37?/m1/s1. The third-order valence-corrected chi connectivity index (χ3v) is 7.56. The summed E-state index contributed by atoms with van der Waals surface area (Å²) in [5.74, 6) is -0.454. The smallest absolute Gasteiger partial charge is 0.459 e. The van der Waals surface area contributed by atoms with Crippen LogP contribution in [0.1, 0.15) is 32.6 Å². The second-order valence-corrected chi connectivity index (χ2v) is 11.0. The molecule has 0 saturated carbocycles. The van der Waals surface area contributed by atoms with Gasteiger partial charge in [-0.2, -0.15) is 5.09 Å². The Bertz CT molecular complexity index is 1300. The van der Waals surface area contributed by atoms with Gasteiger partial charge in [0.1, 0.15) is 29.6 Å². The van der Waals surface area contributed by atoms with Gasteiger partial charge in [0.15, 0.2) is 6.23 Å². The first-order valence-electron chi connectivity index (χ1n) is 11.7. The van der Waals surface area contributed by atoms with Crippen molar-refractivity contribution in [3.63, 3.8) is 0 Å². The van der Waals surface area contributed by atoms with E-state index in [1.54, 1.807) is 44.2 Å². The molecule has 0 spiro atoms. The Balaban J connectivity index is 1.55. The SMILES string of the molecule is Cc1cn([C@@H]2OC3(COP(=O)(NC(C)C(=O)OC(C)C)Oc4ccccc4)CO[C@@H]2[C@@H]3O)c(=O)[nH]c1=O. The number of benzene rings is 1. The van der Waals surface area contributed by atoms with E-state index in [0.29, 0.717) is 0 Å². The number of para-hydroxylation sites is 1. The van der Waals surface area contributed by atoms with Gasteiger partial charge < -0.3 is 23.8 Å². The number of esters is 1. The molecule has 2 aliphatic heterocycles. The maximum absolute atomic E-state index is 13.8. The lowest BCUT2D eigenvalue weighted by atomic mass is 10.0. The summed E-state index contributed by atoms with van der Waals surface area (Å²) in [6.07, 6.45) is -2.36. The van der Waals surface area contributed by atoms with Crippen LogP contribution in [0, 0.1) is 6.92 Å². The molecule has 202 valence electrons. The van der Waals surface area contributed by atoms with Gasteiger partial charge in [-0.1, -0.05) is 18.2 Å². The van der Waals surface area contributed by atoms with E-state index < -0.39 is 67.8 Å². The van der Waals surface area contributed by atoms with Crippen molar-refractivity contribution < 1.29 is 37.7 Å². The van der Waals surface area contributed by atoms with E-state index in [2.05, 4.69) is 10.1 Å². The minimum atomic E-state index is -4.24. The van der Waals surface area contributed by atoms with Crippen LogP contribution in [0.25, 0.3) is 0 Å². The van der Waals surface area contributed by atoms with Crippen LogP contribution in [0.3, 0.4) is 0 Å². The average molecular weight is 539 g/mol. The number of aliphatic hydroxyl groups excluding tert-OH is 1. The number of carbonyl (C=O) groups is 1. The fraction of sp³-hybridized carbons (Fsp3) is 0.522. The lowest BCUT2D eigenvalue weighted by Crippen LogP contribution is -2.46. The second-order valence-electron chi connectivity index (χ2n) is 9.28. The molecule has 1 aromatic carbocycles. The third-order valence-electron chi connectivity index (χ3n) is 5.93. The van der Waals surface area contributed by atoms with Crippen molar-refractivity contribution >= 4 is 13.7 Å². The van der Waals surface area contributed by atoms with Crippen LogP contribution in [0.4, 0.5) is 0 Å². The molecule has 6 atom stereocenters. The largest absolute Gasteiger partial charge is 0.462 e. The quantitative estimate of drug-likeness (QED) is 0.291. The van der Waals surface area contributed by atoms with Crippen molar-refractivity contribution in [1.29, 1.82) is 0 Å². The molecule has 0 aliphatic carbocycles. The van der Waals surface area contributed by atoms with E-state index in [1.165, 1.54) is 20.0 Å². The van der Waals surface area contributed by atoms with Crippen molar-refractivity contribution in [1.82, 2.24) is 14.6 Å². The Kier molecular flexibility index (Phi) is 7.75. The first-order valence-corrected chi connectivity index (χ1v) is 13.2. The molecular weight excluding hydrogens is 509 g/mol. The van der Waals surface area contributed by atoms with Crippen LogP contribution in [0.5, 0.6) is 5.75 Å². The summed E-state index contributed by atoms with van der Waals surface area (Å²) in [5.41, 5.74) is -2.52. The molecule has 2 bridgehead atoms. The number of fused-ring (bicyclic) bond motifs is 2. The highest BCUT2D eigenvalue weighted by Gasteiger charge is 2.62. The number of H-pyrrole nitrogens is 1. The number of hydrogen-bond donors (Lipinski definition) is 3. The Morgan fingerprint density at radius 1 is 1.30 bits per heavy atom. The summed E-state index contributed by atoms with van der Waals surface area (Å²) in [6.45, 7) is 5.74. The molecule has 13 nitrogen and oxygen atoms in total. The van der Waals surface area contributed by atoms with Crippen LogP contribution >= 0.6 is 7.75 Å². The van der Waals surface area contributed by atoms with Crippen LogP contribution in [0.2, 0.25) is 0 Å². The van der Waals surface area contributed by atoms with E-state index in [9.17, 15) is 24.1 Å². The van der Waals surface area contributed by atoms with Gasteiger partial charge in [0.2, 0.25) is 0 Å². The summed E-state index contributed by atoms with van der Waals surface area (Å²) >= 11 is 0. The van der Waals surface area contributed by atoms with E-state index in [4.69, 9.17) is 23.3 Å². The molecule has 2 fully saturated rings. The van der Waals surface area contributed by atoms with Crippen molar-refractivity contribution in [3.05, 3.63) is 62.9 Å².